The van der Waals surface area contributed by atoms with Crippen molar-refractivity contribution in [3.8, 4) is 0 Å². The lowest BCUT2D eigenvalue weighted by Crippen LogP contribution is -2.19. The van der Waals surface area contributed by atoms with Crippen LogP contribution in [-0.4, -0.2) is 63.4 Å². The third-order valence-corrected chi connectivity index (χ3v) is 3.54. The summed E-state index contributed by atoms with van der Waals surface area (Å²) >= 11 is 7.01. The van der Waals surface area contributed by atoms with E-state index >= 15 is 0 Å². The van der Waals surface area contributed by atoms with Crippen LogP contribution in [0.15, 0.2) is 0 Å². The van der Waals surface area contributed by atoms with Crippen molar-refractivity contribution in [1.29, 1.82) is 0 Å². The van der Waals surface area contributed by atoms with Crippen molar-refractivity contribution in [2.75, 3.05) is 52.8 Å². The molecule has 1 N–H and O–H groups in total. The van der Waals surface area contributed by atoms with E-state index in [2.05, 4.69) is 19.9 Å². The van der Waals surface area contributed by atoms with Crippen LogP contribution in [0.5, 0.6) is 0 Å². The van der Waals surface area contributed by atoms with Crippen molar-refractivity contribution >= 4 is 34.0 Å². The van der Waals surface area contributed by atoms with Crippen LogP contribution >= 0.6 is 22.9 Å². The Balaban J connectivity index is 2.28. The highest BCUT2D eigenvalue weighted by atomic mass is 35.5. The zero-order valence-electron chi connectivity index (χ0n) is 11.2. The minimum Gasteiger partial charge on any atom is -0.465 e. The second-order valence-corrected chi connectivity index (χ2v) is 5.33. The molecule has 0 saturated heterocycles. The molecule has 0 unspecified atom stereocenters. The van der Waals surface area contributed by atoms with E-state index in [-0.39, 0.29) is 5.15 Å². The molecular weight excluding hydrogens is 290 g/mol. The van der Waals surface area contributed by atoms with Crippen molar-refractivity contribution in [2.24, 2.45) is 0 Å². The van der Waals surface area contributed by atoms with Gasteiger partial charge in [-0.2, -0.15) is 0 Å². The van der Waals surface area contributed by atoms with Crippen LogP contribution in [0.2, 0.25) is 5.15 Å². The predicted octanol–water partition coefficient (Wildman–Crippen LogP) is 1.57. The van der Waals surface area contributed by atoms with Gasteiger partial charge in [0.1, 0.15) is 0 Å². The molecule has 108 valence electrons. The highest BCUT2D eigenvalue weighted by molar-refractivity contribution is 7.18. The molecule has 1 aromatic heterocycles. The fraction of sp³-hybridized carbons (Fsp3) is 0.636. The fourth-order valence-electron chi connectivity index (χ4n) is 1.18. The number of rotatable bonds is 8. The van der Waals surface area contributed by atoms with Gasteiger partial charge >= 0.3 is 5.97 Å². The number of esters is 1. The number of likely N-dealkylation sites (N-methyl/N-ethyl adjacent to an activating group) is 1. The summed E-state index contributed by atoms with van der Waals surface area (Å²) in [6, 6.07) is 0. The second kappa shape index (κ2) is 8.31. The molecule has 8 heteroatoms. The van der Waals surface area contributed by atoms with Crippen molar-refractivity contribution in [3.05, 3.63) is 10.0 Å². The van der Waals surface area contributed by atoms with Gasteiger partial charge in [0.15, 0.2) is 15.2 Å². The van der Waals surface area contributed by atoms with Crippen molar-refractivity contribution in [2.45, 2.75) is 0 Å². The van der Waals surface area contributed by atoms with Crippen LogP contribution in [-0.2, 0) is 9.47 Å². The Labute approximate surface area is 121 Å². The molecule has 0 fully saturated rings. The van der Waals surface area contributed by atoms with E-state index in [1.54, 1.807) is 0 Å². The van der Waals surface area contributed by atoms with E-state index in [4.69, 9.17) is 16.3 Å². The SMILES string of the molecule is COC(=O)c1sc(NCCOCCN(C)C)nc1Cl. The molecule has 19 heavy (non-hydrogen) atoms. The Morgan fingerprint density at radius 2 is 2.21 bits per heavy atom. The largest absolute Gasteiger partial charge is 0.465 e. The maximum absolute atomic E-state index is 11.3. The number of aromatic nitrogens is 1. The topological polar surface area (TPSA) is 63.7 Å². The zero-order valence-corrected chi connectivity index (χ0v) is 12.8. The first kappa shape index (κ1) is 16.2. The first-order valence-corrected chi connectivity index (χ1v) is 6.95. The summed E-state index contributed by atoms with van der Waals surface area (Å²) in [4.78, 5) is 17.7. The van der Waals surface area contributed by atoms with Gasteiger partial charge in [-0.1, -0.05) is 22.9 Å². The van der Waals surface area contributed by atoms with Gasteiger partial charge in [0, 0.05) is 13.1 Å². The van der Waals surface area contributed by atoms with Gasteiger partial charge in [-0.3, -0.25) is 0 Å². The van der Waals surface area contributed by atoms with Crippen molar-refractivity contribution in [1.82, 2.24) is 9.88 Å². The summed E-state index contributed by atoms with van der Waals surface area (Å²) < 4.78 is 10.0. The van der Waals surface area contributed by atoms with Gasteiger partial charge in [-0.05, 0) is 14.1 Å². The lowest BCUT2D eigenvalue weighted by Gasteiger charge is -2.09. The number of carbonyl (C=O) groups is 1. The number of nitrogens with zero attached hydrogens (tertiary/aromatic N) is 2. The van der Waals surface area contributed by atoms with Gasteiger partial charge in [0.25, 0.3) is 0 Å². The average molecular weight is 308 g/mol. The number of carbonyl (C=O) groups excluding carboxylic acids is 1. The summed E-state index contributed by atoms with van der Waals surface area (Å²) in [6.07, 6.45) is 0. The predicted molar refractivity (Wildman–Crippen MR) is 76.3 cm³/mol. The molecule has 0 aromatic carbocycles. The molecule has 0 saturated carbocycles. The van der Waals surface area contributed by atoms with Crippen LogP contribution in [0.1, 0.15) is 9.67 Å². The Bertz CT molecular complexity index is 412. The number of nitrogens with one attached hydrogen (secondary N) is 1. The van der Waals surface area contributed by atoms with Gasteiger partial charge in [0.05, 0.1) is 20.3 Å². The quantitative estimate of drug-likeness (QED) is 0.581. The van der Waals surface area contributed by atoms with E-state index in [1.807, 2.05) is 14.1 Å². The van der Waals surface area contributed by atoms with Crippen LogP contribution < -0.4 is 5.32 Å². The number of anilines is 1. The molecule has 0 aliphatic rings. The molecule has 0 radical (unpaired) electrons. The van der Waals surface area contributed by atoms with Gasteiger partial charge in [0.2, 0.25) is 0 Å². The Kier molecular flexibility index (Phi) is 7.07. The van der Waals surface area contributed by atoms with Crippen LogP contribution in [0.25, 0.3) is 0 Å². The number of methoxy groups -OCH3 is 1. The molecular formula is C11H18ClN3O3S. The lowest BCUT2D eigenvalue weighted by atomic mass is 10.6. The average Bonchev–Trinajstić information content (AvgIpc) is 2.73. The second-order valence-electron chi connectivity index (χ2n) is 3.97. The van der Waals surface area contributed by atoms with Crippen LogP contribution in [0, 0.1) is 0 Å². The van der Waals surface area contributed by atoms with Gasteiger partial charge in [-0.25, -0.2) is 9.78 Å². The summed E-state index contributed by atoms with van der Waals surface area (Å²) in [6.45, 7) is 2.74. The normalized spacial score (nSPS) is 10.8. The molecule has 1 aromatic rings. The van der Waals surface area contributed by atoms with Crippen LogP contribution in [0.3, 0.4) is 0 Å². The molecule has 0 bridgehead atoms. The Hall–Kier alpha value is -0.890. The minimum atomic E-state index is -0.474. The number of hydrogen-bond acceptors (Lipinski definition) is 7. The molecule has 0 aliphatic carbocycles. The minimum absolute atomic E-state index is 0.160. The first-order chi connectivity index (χ1) is 9.04. The molecule has 1 heterocycles. The maximum atomic E-state index is 11.3. The highest BCUT2D eigenvalue weighted by Crippen LogP contribution is 2.27. The molecule has 6 nitrogen and oxygen atoms in total. The molecule has 1 rings (SSSR count). The third-order valence-electron chi connectivity index (χ3n) is 2.16. The molecule has 0 spiro atoms. The summed E-state index contributed by atoms with van der Waals surface area (Å²) in [7, 11) is 5.30. The zero-order chi connectivity index (χ0) is 14.3. The first-order valence-electron chi connectivity index (χ1n) is 5.75. The molecule has 0 amide bonds. The van der Waals surface area contributed by atoms with E-state index in [9.17, 15) is 4.79 Å². The van der Waals surface area contributed by atoms with Crippen molar-refractivity contribution < 1.29 is 14.3 Å². The third kappa shape index (κ3) is 5.73. The van der Waals surface area contributed by atoms with Gasteiger partial charge < -0.3 is 19.7 Å². The highest BCUT2D eigenvalue weighted by Gasteiger charge is 2.16. The Morgan fingerprint density at radius 3 is 2.84 bits per heavy atom. The van der Waals surface area contributed by atoms with E-state index < -0.39 is 5.97 Å². The number of ether oxygens (including phenoxy) is 2. The van der Waals surface area contributed by atoms with E-state index in [0.717, 1.165) is 6.54 Å². The number of thiazole rings is 1. The van der Waals surface area contributed by atoms with Crippen LogP contribution in [0.4, 0.5) is 5.13 Å². The smallest absolute Gasteiger partial charge is 0.351 e. The summed E-state index contributed by atoms with van der Waals surface area (Å²) in [5.41, 5.74) is 0. The summed E-state index contributed by atoms with van der Waals surface area (Å²) in [5, 5.41) is 3.79. The molecule has 0 atom stereocenters. The monoisotopic (exact) mass is 307 g/mol. The van der Waals surface area contributed by atoms with Gasteiger partial charge in [-0.15, -0.1) is 0 Å². The fourth-order valence-corrected chi connectivity index (χ4v) is 2.30. The van der Waals surface area contributed by atoms with E-state index in [0.29, 0.717) is 29.8 Å². The summed E-state index contributed by atoms with van der Waals surface area (Å²) in [5.74, 6) is -0.474. The number of hydrogen-bond donors (Lipinski definition) is 1. The Morgan fingerprint density at radius 1 is 1.47 bits per heavy atom. The molecule has 0 aliphatic heterocycles. The standard InChI is InChI=1S/C11H18ClN3O3S/c1-15(2)5-7-18-6-4-13-11-14-9(12)8(19-11)10(16)17-3/h4-7H2,1-3H3,(H,13,14). The van der Waals surface area contributed by atoms with Crippen molar-refractivity contribution in [3.63, 3.8) is 0 Å². The number of halogens is 1. The lowest BCUT2D eigenvalue weighted by molar-refractivity contribution is 0.0606. The maximum Gasteiger partial charge on any atom is 0.351 e. The van der Waals surface area contributed by atoms with E-state index in [1.165, 1.54) is 18.4 Å².